The predicted octanol–water partition coefficient (Wildman–Crippen LogP) is 1.24. The predicted molar refractivity (Wildman–Crippen MR) is 87.9 cm³/mol. The van der Waals surface area contributed by atoms with Gasteiger partial charge in [0.25, 0.3) is 0 Å². The number of carbonyl (C=O) groups is 2. The third-order valence-electron chi connectivity index (χ3n) is 4.36. The average Bonchev–Trinajstić information content (AvgIpc) is 3.09. The van der Waals surface area contributed by atoms with Crippen LogP contribution in [0.2, 0.25) is 0 Å². The molecule has 1 aliphatic heterocycles. The molecule has 2 N–H and O–H groups in total. The maximum absolute atomic E-state index is 12.5. The molecule has 1 unspecified atom stereocenters. The van der Waals surface area contributed by atoms with Crippen LogP contribution < -0.4 is 5.32 Å². The molecule has 1 aromatic heterocycles. The minimum absolute atomic E-state index is 0.0676. The summed E-state index contributed by atoms with van der Waals surface area (Å²) < 4.78 is 0. The first-order valence-corrected chi connectivity index (χ1v) is 8.44. The van der Waals surface area contributed by atoms with Crippen LogP contribution in [0.15, 0.2) is 12.5 Å². The summed E-state index contributed by atoms with van der Waals surface area (Å²) in [6.45, 7) is 7.23. The Balaban J connectivity index is 1.80. The number of carbonyl (C=O) groups excluding carboxylic acids is 2. The number of piperidine rings is 1. The van der Waals surface area contributed by atoms with Gasteiger partial charge in [-0.05, 0) is 26.7 Å². The summed E-state index contributed by atoms with van der Waals surface area (Å²) in [7, 11) is 0. The van der Waals surface area contributed by atoms with E-state index in [2.05, 4.69) is 15.3 Å². The molecule has 1 aromatic rings. The van der Waals surface area contributed by atoms with Gasteiger partial charge in [-0.15, -0.1) is 0 Å². The van der Waals surface area contributed by atoms with Gasteiger partial charge in [-0.2, -0.15) is 0 Å². The summed E-state index contributed by atoms with van der Waals surface area (Å²) in [5.74, 6) is 0.104. The van der Waals surface area contributed by atoms with E-state index >= 15 is 0 Å². The molecule has 7 heteroatoms. The van der Waals surface area contributed by atoms with E-state index in [-0.39, 0.29) is 17.9 Å². The normalized spacial score (nSPS) is 17.8. The first-order chi connectivity index (χ1) is 11.2. The summed E-state index contributed by atoms with van der Waals surface area (Å²) in [5.41, 5.74) is 0.999. The van der Waals surface area contributed by atoms with Crippen LogP contribution in [0.4, 0.5) is 4.79 Å². The summed E-state index contributed by atoms with van der Waals surface area (Å²) in [4.78, 5) is 35.3. The van der Waals surface area contributed by atoms with Gasteiger partial charge in [-0.25, -0.2) is 9.78 Å². The van der Waals surface area contributed by atoms with Gasteiger partial charge in [0.2, 0.25) is 5.91 Å². The largest absolute Gasteiger partial charge is 0.348 e. The fourth-order valence-electron chi connectivity index (χ4n) is 2.99. The summed E-state index contributed by atoms with van der Waals surface area (Å²) in [5, 5.41) is 2.92. The molecule has 0 bridgehead atoms. The Morgan fingerprint density at radius 1 is 1.43 bits per heavy atom. The topological polar surface area (TPSA) is 81.3 Å². The van der Waals surface area contributed by atoms with E-state index in [0.717, 1.165) is 44.6 Å². The molecule has 2 heterocycles. The SMILES string of the molecule is CCN(CC)C(=O)C1CCCN(C(=O)NCCc2cnc[nH]2)C1. The average molecular weight is 321 g/mol. The lowest BCUT2D eigenvalue weighted by Crippen LogP contribution is -2.49. The zero-order valence-corrected chi connectivity index (χ0v) is 14.0. The number of likely N-dealkylation sites (tertiary alicyclic amines) is 1. The monoisotopic (exact) mass is 321 g/mol. The summed E-state index contributed by atoms with van der Waals surface area (Å²) in [6.07, 6.45) is 5.86. The minimum atomic E-state index is -0.0819. The van der Waals surface area contributed by atoms with Crippen molar-refractivity contribution in [3.05, 3.63) is 18.2 Å². The molecule has 1 atom stereocenters. The number of aromatic nitrogens is 2. The Labute approximate surface area is 137 Å². The zero-order chi connectivity index (χ0) is 16.7. The van der Waals surface area contributed by atoms with Crippen LogP contribution in [0.25, 0.3) is 0 Å². The molecule has 7 nitrogen and oxygen atoms in total. The zero-order valence-electron chi connectivity index (χ0n) is 14.0. The summed E-state index contributed by atoms with van der Waals surface area (Å²) >= 11 is 0. The van der Waals surface area contributed by atoms with Gasteiger partial charge in [0.1, 0.15) is 0 Å². The maximum atomic E-state index is 12.5. The lowest BCUT2D eigenvalue weighted by atomic mass is 9.96. The number of imidazole rings is 1. The number of rotatable bonds is 6. The van der Waals surface area contributed by atoms with Crippen LogP contribution in [0.3, 0.4) is 0 Å². The fraction of sp³-hybridized carbons (Fsp3) is 0.688. The van der Waals surface area contributed by atoms with E-state index in [4.69, 9.17) is 0 Å². The van der Waals surface area contributed by atoms with Crippen molar-refractivity contribution in [2.24, 2.45) is 5.92 Å². The minimum Gasteiger partial charge on any atom is -0.348 e. The lowest BCUT2D eigenvalue weighted by Gasteiger charge is -2.34. The molecule has 128 valence electrons. The third-order valence-corrected chi connectivity index (χ3v) is 4.36. The van der Waals surface area contributed by atoms with Gasteiger partial charge in [0.15, 0.2) is 0 Å². The highest BCUT2D eigenvalue weighted by Crippen LogP contribution is 2.19. The second-order valence-electron chi connectivity index (χ2n) is 5.85. The van der Waals surface area contributed by atoms with E-state index in [9.17, 15) is 9.59 Å². The van der Waals surface area contributed by atoms with Crippen molar-refractivity contribution in [3.63, 3.8) is 0 Å². The van der Waals surface area contributed by atoms with Crippen molar-refractivity contribution in [1.82, 2.24) is 25.1 Å². The quantitative estimate of drug-likeness (QED) is 0.827. The van der Waals surface area contributed by atoms with Gasteiger partial charge in [0, 0.05) is 51.0 Å². The van der Waals surface area contributed by atoms with Crippen LogP contribution >= 0.6 is 0 Å². The Bertz CT molecular complexity index is 499. The van der Waals surface area contributed by atoms with E-state index in [0.29, 0.717) is 13.1 Å². The number of amides is 3. The van der Waals surface area contributed by atoms with Gasteiger partial charge in [-0.1, -0.05) is 0 Å². The van der Waals surface area contributed by atoms with Crippen molar-refractivity contribution >= 4 is 11.9 Å². The Kier molecular flexibility index (Phi) is 6.43. The summed E-state index contributed by atoms with van der Waals surface area (Å²) in [6, 6.07) is -0.0819. The highest BCUT2D eigenvalue weighted by Gasteiger charge is 2.30. The van der Waals surface area contributed by atoms with Gasteiger partial charge < -0.3 is 20.1 Å². The second-order valence-corrected chi connectivity index (χ2v) is 5.85. The number of hydrogen-bond donors (Lipinski definition) is 2. The highest BCUT2D eigenvalue weighted by atomic mass is 16.2. The molecule has 0 saturated carbocycles. The molecular weight excluding hydrogens is 294 g/mol. The van der Waals surface area contributed by atoms with Gasteiger partial charge in [-0.3, -0.25) is 4.79 Å². The number of nitrogens with zero attached hydrogens (tertiary/aromatic N) is 3. The molecule has 1 aliphatic rings. The molecule has 2 rings (SSSR count). The van der Waals surface area contributed by atoms with Crippen LogP contribution in [-0.4, -0.2) is 64.4 Å². The maximum Gasteiger partial charge on any atom is 0.317 e. The molecule has 3 amide bonds. The molecular formula is C16H27N5O2. The standard InChI is InChI=1S/C16H27N5O2/c1-3-20(4-2)15(22)13-6-5-9-21(11-13)16(23)18-8-7-14-10-17-12-19-14/h10,12-13H,3-9,11H2,1-2H3,(H,17,19)(H,18,23). The van der Waals surface area contributed by atoms with Crippen molar-refractivity contribution in [1.29, 1.82) is 0 Å². The van der Waals surface area contributed by atoms with Crippen molar-refractivity contribution in [2.75, 3.05) is 32.7 Å². The Morgan fingerprint density at radius 3 is 2.87 bits per heavy atom. The fourth-order valence-corrected chi connectivity index (χ4v) is 2.99. The number of hydrogen-bond acceptors (Lipinski definition) is 3. The second kappa shape index (κ2) is 8.55. The number of nitrogens with one attached hydrogen (secondary N) is 2. The smallest absolute Gasteiger partial charge is 0.317 e. The third kappa shape index (κ3) is 4.71. The Hall–Kier alpha value is -2.05. The molecule has 23 heavy (non-hydrogen) atoms. The van der Waals surface area contributed by atoms with E-state index in [1.54, 1.807) is 17.4 Å². The van der Waals surface area contributed by atoms with Gasteiger partial charge >= 0.3 is 6.03 Å². The van der Waals surface area contributed by atoms with Crippen LogP contribution in [0.1, 0.15) is 32.4 Å². The molecule has 1 fully saturated rings. The molecule has 0 aliphatic carbocycles. The van der Waals surface area contributed by atoms with Crippen LogP contribution in [0.5, 0.6) is 0 Å². The first-order valence-electron chi connectivity index (χ1n) is 8.44. The van der Waals surface area contributed by atoms with E-state index in [1.807, 2.05) is 18.7 Å². The number of aromatic amines is 1. The number of urea groups is 1. The molecule has 0 radical (unpaired) electrons. The van der Waals surface area contributed by atoms with Crippen molar-refractivity contribution < 1.29 is 9.59 Å². The van der Waals surface area contributed by atoms with Crippen molar-refractivity contribution in [3.8, 4) is 0 Å². The van der Waals surface area contributed by atoms with E-state index < -0.39 is 0 Å². The van der Waals surface area contributed by atoms with Crippen molar-refractivity contribution in [2.45, 2.75) is 33.1 Å². The molecule has 0 aromatic carbocycles. The molecule has 1 saturated heterocycles. The Morgan fingerprint density at radius 2 is 2.22 bits per heavy atom. The van der Waals surface area contributed by atoms with Crippen LogP contribution in [0, 0.1) is 5.92 Å². The van der Waals surface area contributed by atoms with Crippen LogP contribution in [-0.2, 0) is 11.2 Å². The number of H-pyrrole nitrogens is 1. The highest BCUT2D eigenvalue weighted by molar-refractivity contribution is 5.81. The van der Waals surface area contributed by atoms with E-state index in [1.165, 1.54) is 0 Å². The first kappa shape index (κ1) is 17.3. The molecule has 0 spiro atoms. The lowest BCUT2D eigenvalue weighted by molar-refractivity contribution is -0.136. The van der Waals surface area contributed by atoms with Gasteiger partial charge in [0.05, 0.1) is 12.2 Å².